The lowest BCUT2D eigenvalue weighted by Crippen LogP contribution is -2.65. The van der Waals surface area contributed by atoms with Crippen LogP contribution in [0.15, 0.2) is 30.6 Å². The molecule has 3 heterocycles. The molecule has 2 fully saturated rings. The Morgan fingerprint density at radius 1 is 1.32 bits per heavy atom. The van der Waals surface area contributed by atoms with Crippen molar-refractivity contribution in [1.82, 2.24) is 25.2 Å². The largest absolute Gasteiger partial charge is 0.334 e. The van der Waals surface area contributed by atoms with Crippen molar-refractivity contribution >= 4 is 5.91 Å². The van der Waals surface area contributed by atoms with Crippen molar-refractivity contribution < 1.29 is 9.18 Å². The van der Waals surface area contributed by atoms with Gasteiger partial charge in [0.15, 0.2) is 0 Å². The Kier molecular flexibility index (Phi) is 3.15. The summed E-state index contributed by atoms with van der Waals surface area (Å²) in [5, 5.41) is 11.3. The molecule has 2 aliphatic heterocycles. The molecule has 7 heteroatoms. The summed E-state index contributed by atoms with van der Waals surface area (Å²) >= 11 is 0. The highest BCUT2D eigenvalue weighted by molar-refractivity contribution is 5.98. The Bertz CT molecular complexity index is 702. The highest BCUT2D eigenvalue weighted by atomic mass is 19.1. The summed E-state index contributed by atoms with van der Waals surface area (Å²) < 4.78 is 14.3. The van der Waals surface area contributed by atoms with Crippen molar-refractivity contribution in [2.75, 3.05) is 19.6 Å². The summed E-state index contributed by atoms with van der Waals surface area (Å²) in [6, 6.07) is 4.69. The summed E-state index contributed by atoms with van der Waals surface area (Å²) in [6.07, 6.45) is 4.08. The van der Waals surface area contributed by atoms with E-state index in [4.69, 9.17) is 0 Å². The smallest absolute Gasteiger partial charge is 0.259 e. The van der Waals surface area contributed by atoms with Crippen LogP contribution in [-0.4, -0.2) is 51.5 Å². The van der Waals surface area contributed by atoms with E-state index in [1.54, 1.807) is 17.0 Å². The van der Waals surface area contributed by atoms with Gasteiger partial charge in [-0.1, -0.05) is 6.07 Å². The van der Waals surface area contributed by atoms with Crippen LogP contribution in [-0.2, 0) is 0 Å². The number of hydrogen-bond donors (Lipinski definition) is 1. The highest BCUT2D eigenvalue weighted by Gasteiger charge is 2.44. The number of nitrogens with zero attached hydrogens (tertiary/aromatic N) is 4. The van der Waals surface area contributed by atoms with E-state index in [1.807, 2.05) is 0 Å². The van der Waals surface area contributed by atoms with Crippen LogP contribution in [0.4, 0.5) is 4.39 Å². The van der Waals surface area contributed by atoms with Crippen LogP contribution in [0.3, 0.4) is 0 Å². The fourth-order valence-electron chi connectivity index (χ4n) is 3.33. The normalized spacial score (nSPS) is 23.8. The fraction of sp³-hybridized carbons (Fsp3) is 0.400. The number of carbonyl (C=O) groups excluding carboxylic acids is 1. The van der Waals surface area contributed by atoms with E-state index >= 15 is 0 Å². The van der Waals surface area contributed by atoms with E-state index in [-0.39, 0.29) is 17.5 Å². The number of piperidine rings is 1. The number of hydrogen-bond acceptors (Lipinski definition) is 4. The van der Waals surface area contributed by atoms with Crippen molar-refractivity contribution in [1.29, 1.82) is 0 Å². The van der Waals surface area contributed by atoms with Gasteiger partial charge in [0.2, 0.25) is 0 Å². The zero-order valence-electron chi connectivity index (χ0n) is 11.9. The Hall–Kier alpha value is -2.28. The minimum absolute atomic E-state index is 0.0442. The molecule has 4 rings (SSSR count). The van der Waals surface area contributed by atoms with Crippen LogP contribution in [0.5, 0.6) is 0 Å². The Morgan fingerprint density at radius 2 is 2.14 bits per heavy atom. The van der Waals surface area contributed by atoms with Crippen LogP contribution in [0.1, 0.15) is 16.8 Å². The van der Waals surface area contributed by atoms with Gasteiger partial charge in [0.25, 0.3) is 5.91 Å². The molecule has 1 aromatic carbocycles. The summed E-state index contributed by atoms with van der Waals surface area (Å²) in [6.45, 7) is 2.47. The molecule has 114 valence electrons. The first-order chi connectivity index (χ1) is 10.8. The second-order valence-corrected chi connectivity index (χ2v) is 5.73. The molecule has 1 amide bonds. The maximum absolute atomic E-state index is 14.3. The molecule has 0 radical (unpaired) electrons. The first-order valence-electron chi connectivity index (χ1n) is 7.42. The SMILES string of the molecule is O=C(c1c(F)cccc1-n1nccn1)N1CC2CCNCC21. The third-order valence-electron chi connectivity index (χ3n) is 4.52. The van der Waals surface area contributed by atoms with Crippen molar-refractivity contribution in [3.63, 3.8) is 0 Å². The van der Waals surface area contributed by atoms with Gasteiger partial charge in [-0.25, -0.2) is 4.39 Å². The van der Waals surface area contributed by atoms with E-state index in [2.05, 4.69) is 15.5 Å². The molecule has 2 saturated heterocycles. The van der Waals surface area contributed by atoms with Crippen LogP contribution in [0.25, 0.3) is 5.69 Å². The molecule has 1 N–H and O–H groups in total. The van der Waals surface area contributed by atoms with Crippen molar-refractivity contribution in [2.45, 2.75) is 12.5 Å². The van der Waals surface area contributed by atoms with Crippen molar-refractivity contribution in [3.8, 4) is 5.69 Å². The standard InChI is InChI=1S/C15H16FN5O/c16-11-2-1-3-12(21-18-6-7-19-21)14(11)15(22)20-9-10-4-5-17-8-13(10)20/h1-3,6-7,10,13,17H,4-5,8-9H2. The number of nitrogens with one attached hydrogen (secondary N) is 1. The minimum Gasteiger partial charge on any atom is -0.334 e. The summed E-state index contributed by atoms with van der Waals surface area (Å²) in [5.41, 5.74) is 0.421. The fourth-order valence-corrected chi connectivity index (χ4v) is 3.33. The number of benzene rings is 1. The third-order valence-corrected chi connectivity index (χ3v) is 4.52. The van der Waals surface area contributed by atoms with Gasteiger partial charge >= 0.3 is 0 Å². The van der Waals surface area contributed by atoms with Crippen LogP contribution >= 0.6 is 0 Å². The number of likely N-dealkylation sites (tertiary alicyclic amines) is 1. The highest BCUT2D eigenvalue weighted by Crippen LogP contribution is 2.32. The minimum atomic E-state index is -0.535. The molecule has 0 aliphatic carbocycles. The number of rotatable bonds is 2. The number of fused-ring (bicyclic) bond motifs is 1. The Morgan fingerprint density at radius 3 is 2.91 bits per heavy atom. The summed E-state index contributed by atoms with van der Waals surface area (Å²) in [5.74, 6) is -0.286. The molecule has 2 aromatic rings. The topological polar surface area (TPSA) is 63.1 Å². The first-order valence-corrected chi connectivity index (χ1v) is 7.42. The molecule has 2 atom stereocenters. The molecule has 1 aromatic heterocycles. The van der Waals surface area contributed by atoms with E-state index < -0.39 is 5.82 Å². The predicted octanol–water partition coefficient (Wildman–Crippen LogP) is 0.840. The first kappa shape index (κ1) is 13.4. The Labute approximate surface area is 126 Å². The lowest BCUT2D eigenvalue weighted by molar-refractivity contribution is 0.00243. The molecule has 0 spiro atoms. The summed E-state index contributed by atoms with van der Waals surface area (Å²) in [7, 11) is 0. The third kappa shape index (κ3) is 2.00. The second-order valence-electron chi connectivity index (χ2n) is 5.73. The van der Waals surface area contributed by atoms with Gasteiger partial charge in [-0.3, -0.25) is 4.79 Å². The molecule has 0 saturated carbocycles. The predicted molar refractivity (Wildman–Crippen MR) is 77.1 cm³/mol. The van der Waals surface area contributed by atoms with Gasteiger partial charge in [-0.2, -0.15) is 15.0 Å². The van der Waals surface area contributed by atoms with Crippen molar-refractivity contribution in [2.24, 2.45) is 5.92 Å². The average molecular weight is 301 g/mol. The lowest BCUT2D eigenvalue weighted by atomic mass is 9.82. The molecule has 6 nitrogen and oxygen atoms in total. The van der Waals surface area contributed by atoms with Crippen LogP contribution in [0.2, 0.25) is 0 Å². The molecule has 2 aliphatic rings. The maximum Gasteiger partial charge on any atom is 0.259 e. The van der Waals surface area contributed by atoms with Gasteiger partial charge in [0.05, 0.1) is 12.4 Å². The van der Waals surface area contributed by atoms with E-state index in [0.717, 1.165) is 19.5 Å². The number of amides is 1. The second kappa shape index (κ2) is 5.17. The van der Waals surface area contributed by atoms with Gasteiger partial charge in [-0.05, 0) is 31.0 Å². The maximum atomic E-state index is 14.3. The zero-order valence-corrected chi connectivity index (χ0v) is 11.9. The molecular weight excluding hydrogens is 285 g/mol. The molecule has 22 heavy (non-hydrogen) atoms. The van der Waals surface area contributed by atoms with Gasteiger partial charge in [-0.15, -0.1) is 0 Å². The number of aromatic nitrogens is 3. The molecule has 2 unspecified atom stereocenters. The quantitative estimate of drug-likeness (QED) is 0.893. The van der Waals surface area contributed by atoms with E-state index in [1.165, 1.54) is 23.3 Å². The average Bonchev–Trinajstić information content (AvgIpc) is 3.02. The van der Waals surface area contributed by atoms with Gasteiger partial charge < -0.3 is 10.2 Å². The van der Waals surface area contributed by atoms with Crippen molar-refractivity contribution in [3.05, 3.63) is 42.0 Å². The summed E-state index contributed by atoms with van der Waals surface area (Å²) in [4.78, 5) is 15.8. The van der Waals surface area contributed by atoms with Gasteiger partial charge in [0, 0.05) is 19.1 Å². The monoisotopic (exact) mass is 301 g/mol. The molecule has 0 bridgehead atoms. The van der Waals surface area contributed by atoms with Crippen LogP contribution in [0, 0.1) is 11.7 Å². The lowest BCUT2D eigenvalue weighted by Gasteiger charge is -2.51. The molecular formula is C15H16FN5O. The number of halogens is 1. The van der Waals surface area contributed by atoms with E-state index in [9.17, 15) is 9.18 Å². The van der Waals surface area contributed by atoms with Crippen LogP contribution < -0.4 is 5.32 Å². The Balaban J connectivity index is 1.69. The van der Waals surface area contributed by atoms with Gasteiger partial charge in [0.1, 0.15) is 17.1 Å². The zero-order chi connectivity index (χ0) is 15.1. The van der Waals surface area contributed by atoms with E-state index in [0.29, 0.717) is 18.2 Å². The number of carbonyl (C=O) groups is 1.